The molecule has 0 aliphatic carbocycles. The Morgan fingerprint density at radius 1 is 0.455 bits per heavy atom. The van der Waals surface area contributed by atoms with Gasteiger partial charge < -0.3 is 23.8 Å². The maximum atomic E-state index is 12.8. The number of aliphatic carboxylic acids is 1. The van der Waals surface area contributed by atoms with Crippen molar-refractivity contribution in [3.05, 3.63) is 134 Å². The van der Waals surface area contributed by atoms with E-state index in [4.69, 9.17) is 14.2 Å². The standard InChI is InChI=1S/C58H91NO7/c1-6-8-10-12-14-16-18-20-22-24-26-27-28-29-31-33-35-37-39-41-43-45-47-49-57(61)66-54(52-64-51-50-55(58(62)63)59(3,4)5)53-65-56(60)48-46-44-42-40-38-36-34-32-30-25-23-21-19-17-15-13-11-9-7-2/h8-11,14-17,20-23,26-27,29-32,36,38,42,44,54-55H,6-7,12-13,18-19,24-25,28,33-35,37,39-41,43,45-53H2,1-5H3/p+1/b10-8+,11-9+,16-14+,17-15+,22-20+,23-21+,27-26+,31-29+,32-30+,38-36+,44-42+. The Kier molecular flexibility index (Phi) is 43.8. The molecule has 2 unspecified atom stereocenters. The van der Waals surface area contributed by atoms with Gasteiger partial charge in [0.1, 0.15) is 6.61 Å². The molecule has 0 saturated carbocycles. The van der Waals surface area contributed by atoms with E-state index in [1.54, 1.807) is 0 Å². The van der Waals surface area contributed by atoms with Gasteiger partial charge >= 0.3 is 17.9 Å². The SMILES string of the molecule is CC/C=C/C/C=C/C/C=C/C/C=C/C/C=C/C/C=C/CCC(=O)OCC(COCCC(C(=O)O)[N+](C)(C)C)OC(=O)CCCCCCCCC/C=C/C/C=C/C/C=C/C/C=C/C/C=C/CC. The molecule has 0 aliphatic rings. The number of rotatable bonds is 43. The second-order valence-electron chi connectivity index (χ2n) is 17.3. The van der Waals surface area contributed by atoms with Gasteiger partial charge in [0.25, 0.3) is 0 Å². The van der Waals surface area contributed by atoms with Crippen molar-refractivity contribution in [3.8, 4) is 0 Å². The van der Waals surface area contributed by atoms with Crippen molar-refractivity contribution in [1.29, 1.82) is 0 Å². The summed E-state index contributed by atoms with van der Waals surface area (Å²) in [5.41, 5.74) is 0. The van der Waals surface area contributed by atoms with E-state index < -0.39 is 18.1 Å². The van der Waals surface area contributed by atoms with E-state index >= 15 is 0 Å². The molecule has 0 heterocycles. The number of esters is 2. The van der Waals surface area contributed by atoms with E-state index in [0.717, 1.165) is 103 Å². The molecule has 0 aliphatic heterocycles. The topological polar surface area (TPSA) is 99.1 Å². The summed E-state index contributed by atoms with van der Waals surface area (Å²) in [4.78, 5) is 37.1. The lowest BCUT2D eigenvalue weighted by Crippen LogP contribution is -2.50. The highest BCUT2D eigenvalue weighted by atomic mass is 16.6. The Labute approximate surface area is 403 Å². The molecular formula is C58H92NO7+. The Hall–Kier alpha value is -4.53. The first-order valence-electron chi connectivity index (χ1n) is 25.2. The third-order valence-electron chi connectivity index (χ3n) is 10.3. The lowest BCUT2D eigenvalue weighted by molar-refractivity contribution is -0.887. The molecule has 0 saturated heterocycles. The van der Waals surface area contributed by atoms with Gasteiger partial charge in [0.2, 0.25) is 0 Å². The smallest absolute Gasteiger partial charge is 0.362 e. The first kappa shape index (κ1) is 61.5. The maximum absolute atomic E-state index is 12.8. The van der Waals surface area contributed by atoms with Crippen molar-refractivity contribution < 1.29 is 38.2 Å². The fraction of sp³-hybridized carbons (Fsp3) is 0.569. The van der Waals surface area contributed by atoms with Crippen molar-refractivity contribution in [2.75, 3.05) is 41.0 Å². The second kappa shape index (κ2) is 47.0. The van der Waals surface area contributed by atoms with Crippen LogP contribution in [0.3, 0.4) is 0 Å². The number of likely N-dealkylation sites (N-methyl/N-ethyl adjacent to an activating group) is 1. The summed E-state index contributed by atoms with van der Waals surface area (Å²) in [6.07, 6.45) is 68.0. The van der Waals surface area contributed by atoms with Crippen LogP contribution in [0.15, 0.2) is 134 Å². The van der Waals surface area contributed by atoms with Gasteiger partial charge in [0.15, 0.2) is 12.1 Å². The normalized spacial score (nSPS) is 14.0. The largest absolute Gasteiger partial charge is 0.477 e. The molecule has 8 heteroatoms. The van der Waals surface area contributed by atoms with E-state index in [0.29, 0.717) is 19.3 Å². The molecule has 0 bridgehead atoms. The highest BCUT2D eigenvalue weighted by Gasteiger charge is 2.31. The molecule has 0 aromatic heterocycles. The number of carboxylic acids is 1. The molecular weight excluding hydrogens is 823 g/mol. The van der Waals surface area contributed by atoms with Gasteiger partial charge in [0, 0.05) is 19.3 Å². The fourth-order valence-electron chi connectivity index (χ4n) is 6.50. The molecule has 370 valence electrons. The molecule has 0 aromatic rings. The zero-order valence-corrected chi connectivity index (χ0v) is 42.1. The summed E-state index contributed by atoms with van der Waals surface area (Å²) in [5.74, 6) is -1.61. The number of carbonyl (C=O) groups is 3. The van der Waals surface area contributed by atoms with Crippen molar-refractivity contribution in [1.82, 2.24) is 0 Å². The minimum Gasteiger partial charge on any atom is -0.477 e. The molecule has 66 heavy (non-hydrogen) atoms. The summed E-state index contributed by atoms with van der Waals surface area (Å²) in [6, 6.07) is -0.637. The van der Waals surface area contributed by atoms with Gasteiger partial charge in [0.05, 0.1) is 34.4 Å². The minimum absolute atomic E-state index is 0.0231. The van der Waals surface area contributed by atoms with Crippen molar-refractivity contribution in [2.45, 2.75) is 174 Å². The summed E-state index contributed by atoms with van der Waals surface area (Å²) < 4.78 is 17.2. The fourth-order valence-corrected chi connectivity index (χ4v) is 6.50. The van der Waals surface area contributed by atoms with Crippen LogP contribution in [-0.4, -0.2) is 80.6 Å². The van der Waals surface area contributed by atoms with E-state index in [1.807, 2.05) is 33.3 Å². The van der Waals surface area contributed by atoms with Gasteiger partial charge in [-0.1, -0.05) is 180 Å². The Morgan fingerprint density at radius 3 is 1.24 bits per heavy atom. The number of quaternary nitrogens is 1. The molecule has 0 amide bonds. The van der Waals surface area contributed by atoms with E-state index in [-0.39, 0.29) is 42.7 Å². The molecule has 0 aromatic carbocycles. The lowest BCUT2D eigenvalue weighted by atomic mass is 10.1. The summed E-state index contributed by atoms with van der Waals surface area (Å²) in [5, 5.41) is 9.65. The number of nitrogens with zero attached hydrogens (tertiary/aromatic N) is 1. The first-order chi connectivity index (χ1) is 32.1. The number of unbranched alkanes of at least 4 members (excludes halogenated alkanes) is 7. The van der Waals surface area contributed by atoms with E-state index in [1.165, 1.54) is 19.3 Å². The van der Waals surface area contributed by atoms with Crippen molar-refractivity contribution in [3.63, 3.8) is 0 Å². The second-order valence-corrected chi connectivity index (χ2v) is 17.3. The molecule has 0 radical (unpaired) electrons. The molecule has 0 fully saturated rings. The van der Waals surface area contributed by atoms with Crippen molar-refractivity contribution >= 4 is 17.9 Å². The third kappa shape index (κ3) is 44.7. The summed E-state index contributed by atoms with van der Waals surface area (Å²) in [6.45, 7) is 4.40. The number of carbonyl (C=O) groups excluding carboxylic acids is 2. The molecule has 0 rings (SSSR count). The van der Waals surface area contributed by atoms with Crippen LogP contribution < -0.4 is 0 Å². The van der Waals surface area contributed by atoms with Crippen LogP contribution in [0.4, 0.5) is 0 Å². The first-order valence-corrected chi connectivity index (χ1v) is 25.2. The van der Waals surface area contributed by atoms with Gasteiger partial charge in [-0.25, -0.2) is 4.79 Å². The highest BCUT2D eigenvalue weighted by Crippen LogP contribution is 2.13. The van der Waals surface area contributed by atoms with Crippen molar-refractivity contribution in [2.24, 2.45) is 0 Å². The summed E-state index contributed by atoms with van der Waals surface area (Å²) >= 11 is 0. The van der Waals surface area contributed by atoms with Gasteiger partial charge in [-0.15, -0.1) is 0 Å². The van der Waals surface area contributed by atoms with Gasteiger partial charge in [-0.2, -0.15) is 0 Å². The number of hydrogen-bond donors (Lipinski definition) is 1. The molecule has 1 N–H and O–H groups in total. The Balaban J connectivity index is 4.42. The van der Waals surface area contributed by atoms with Crippen LogP contribution in [0, 0.1) is 0 Å². The highest BCUT2D eigenvalue weighted by molar-refractivity contribution is 5.72. The van der Waals surface area contributed by atoms with Crippen LogP contribution in [-0.2, 0) is 28.6 Å². The Morgan fingerprint density at radius 2 is 0.833 bits per heavy atom. The maximum Gasteiger partial charge on any atom is 0.362 e. The average molecular weight is 915 g/mol. The van der Waals surface area contributed by atoms with Gasteiger partial charge in [-0.3, -0.25) is 9.59 Å². The number of hydrogen-bond acceptors (Lipinski definition) is 6. The third-order valence-corrected chi connectivity index (χ3v) is 10.3. The van der Waals surface area contributed by atoms with Crippen LogP contribution in [0.25, 0.3) is 0 Å². The minimum atomic E-state index is -0.892. The number of allylic oxidation sites excluding steroid dienone is 22. The van der Waals surface area contributed by atoms with Gasteiger partial charge in [-0.05, 0) is 96.3 Å². The molecule has 8 nitrogen and oxygen atoms in total. The monoisotopic (exact) mass is 915 g/mol. The molecule has 2 atom stereocenters. The molecule has 0 spiro atoms. The Bertz CT molecular complexity index is 1530. The zero-order valence-electron chi connectivity index (χ0n) is 42.1. The number of carboxylic acid groups (broad SMARTS) is 1. The van der Waals surface area contributed by atoms with E-state index in [9.17, 15) is 19.5 Å². The van der Waals surface area contributed by atoms with Crippen LogP contribution in [0.2, 0.25) is 0 Å². The summed E-state index contributed by atoms with van der Waals surface area (Å²) in [7, 11) is 5.49. The van der Waals surface area contributed by atoms with Crippen LogP contribution >= 0.6 is 0 Å². The lowest BCUT2D eigenvalue weighted by Gasteiger charge is -2.31. The predicted molar refractivity (Wildman–Crippen MR) is 279 cm³/mol. The van der Waals surface area contributed by atoms with E-state index in [2.05, 4.69) is 135 Å². The predicted octanol–water partition coefficient (Wildman–Crippen LogP) is 14.7. The number of ether oxygens (including phenoxy) is 3. The van der Waals surface area contributed by atoms with Crippen LogP contribution in [0.1, 0.15) is 162 Å². The quantitative estimate of drug-likeness (QED) is 0.0281. The zero-order chi connectivity index (χ0) is 48.4. The van der Waals surface area contributed by atoms with Crippen LogP contribution in [0.5, 0.6) is 0 Å². The average Bonchev–Trinajstić information content (AvgIpc) is 3.28.